The SMILES string of the molecule is CC(=O)O.CC1(C)C2CCC1(CS(=O)(=O)O)C(=O)C2. The first-order chi connectivity index (χ1) is 8.42. The molecule has 0 saturated heterocycles. The van der Waals surface area contributed by atoms with E-state index in [-0.39, 0.29) is 17.1 Å². The summed E-state index contributed by atoms with van der Waals surface area (Å²) in [6, 6.07) is 0. The number of hydrogen-bond acceptors (Lipinski definition) is 4. The lowest BCUT2D eigenvalue weighted by molar-refractivity contribution is -0.134. The van der Waals surface area contributed by atoms with E-state index in [4.69, 9.17) is 14.5 Å². The molecule has 19 heavy (non-hydrogen) atoms. The van der Waals surface area contributed by atoms with Gasteiger partial charge < -0.3 is 5.11 Å². The zero-order valence-corrected chi connectivity index (χ0v) is 12.2. The number of ketones is 1. The van der Waals surface area contributed by atoms with Crippen LogP contribution < -0.4 is 0 Å². The molecule has 2 aliphatic rings. The maximum Gasteiger partial charge on any atom is 0.300 e. The minimum Gasteiger partial charge on any atom is -0.481 e. The number of Topliss-reactive ketones (excluding diaryl/α,β-unsaturated/α-hetero) is 1. The van der Waals surface area contributed by atoms with Crippen LogP contribution in [0.1, 0.15) is 40.0 Å². The first kappa shape index (κ1) is 16.1. The number of carboxylic acids is 1. The molecule has 0 aromatic rings. The summed E-state index contributed by atoms with van der Waals surface area (Å²) in [5.74, 6) is -0.935. The van der Waals surface area contributed by atoms with Gasteiger partial charge in [-0.25, -0.2) is 0 Å². The molecule has 6 nitrogen and oxygen atoms in total. The highest BCUT2D eigenvalue weighted by atomic mass is 32.2. The van der Waals surface area contributed by atoms with Crippen LogP contribution in [0.15, 0.2) is 0 Å². The molecule has 2 bridgehead atoms. The van der Waals surface area contributed by atoms with E-state index in [2.05, 4.69) is 0 Å². The number of carbonyl (C=O) groups is 2. The summed E-state index contributed by atoms with van der Waals surface area (Å²) in [7, 11) is -4.08. The van der Waals surface area contributed by atoms with Crippen LogP contribution in [0.5, 0.6) is 0 Å². The second-order valence-electron chi connectivity index (χ2n) is 5.91. The Labute approximate surface area is 112 Å². The van der Waals surface area contributed by atoms with Crippen molar-refractivity contribution in [3.63, 3.8) is 0 Å². The predicted octanol–water partition coefficient (Wildman–Crippen LogP) is 1.36. The summed E-state index contributed by atoms with van der Waals surface area (Å²) < 4.78 is 31.0. The Morgan fingerprint density at radius 1 is 1.42 bits per heavy atom. The van der Waals surface area contributed by atoms with Crippen LogP contribution in [0.25, 0.3) is 0 Å². The van der Waals surface area contributed by atoms with Crippen molar-refractivity contribution >= 4 is 21.9 Å². The van der Waals surface area contributed by atoms with Crippen molar-refractivity contribution in [3.05, 3.63) is 0 Å². The van der Waals surface area contributed by atoms with Gasteiger partial charge >= 0.3 is 0 Å². The van der Waals surface area contributed by atoms with Gasteiger partial charge in [0, 0.05) is 13.3 Å². The van der Waals surface area contributed by atoms with E-state index in [1.807, 2.05) is 13.8 Å². The van der Waals surface area contributed by atoms with Gasteiger partial charge in [-0.05, 0) is 24.2 Å². The molecular weight excluding hydrogens is 272 g/mol. The molecule has 2 rings (SSSR count). The molecular formula is C12H20O6S. The highest BCUT2D eigenvalue weighted by Gasteiger charge is 2.65. The molecule has 0 heterocycles. The molecule has 2 atom stereocenters. The van der Waals surface area contributed by atoms with E-state index in [0.717, 1.165) is 13.3 Å². The van der Waals surface area contributed by atoms with Gasteiger partial charge in [-0.1, -0.05) is 13.8 Å². The Morgan fingerprint density at radius 3 is 2.16 bits per heavy atom. The average Bonchev–Trinajstić information content (AvgIpc) is 2.47. The van der Waals surface area contributed by atoms with Gasteiger partial charge in [-0.3, -0.25) is 14.1 Å². The lowest BCUT2D eigenvalue weighted by Gasteiger charge is -2.35. The second-order valence-corrected chi connectivity index (χ2v) is 7.36. The molecule has 0 aromatic heterocycles. The van der Waals surface area contributed by atoms with E-state index < -0.39 is 27.3 Å². The molecule has 0 aromatic carbocycles. The van der Waals surface area contributed by atoms with Crippen LogP contribution >= 0.6 is 0 Å². The van der Waals surface area contributed by atoms with Crippen molar-refractivity contribution in [1.82, 2.24) is 0 Å². The monoisotopic (exact) mass is 292 g/mol. The minimum atomic E-state index is -4.08. The first-order valence-corrected chi connectivity index (χ1v) is 7.71. The fourth-order valence-corrected chi connectivity index (χ4v) is 4.72. The fourth-order valence-electron chi connectivity index (χ4n) is 3.42. The van der Waals surface area contributed by atoms with E-state index in [1.54, 1.807) is 0 Å². The molecule has 2 saturated carbocycles. The Bertz CT molecular complexity index is 488. The van der Waals surface area contributed by atoms with Crippen molar-refractivity contribution in [1.29, 1.82) is 0 Å². The van der Waals surface area contributed by atoms with Crippen LogP contribution in [0, 0.1) is 16.7 Å². The van der Waals surface area contributed by atoms with Gasteiger partial charge in [-0.15, -0.1) is 0 Å². The quantitative estimate of drug-likeness (QED) is 0.744. The molecule has 0 radical (unpaired) electrons. The van der Waals surface area contributed by atoms with Gasteiger partial charge in [0.15, 0.2) is 0 Å². The van der Waals surface area contributed by atoms with E-state index >= 15 is 0 Å². The van der Waals surface area contributed by atoms with Crippen molar-refractivity contribution in [2.45, 2.75) is 40.0 Å². The minimum absolute atomic E-state index is 0.0152. The summed E-state index contributed by atoms with van der Waals surface area (Å²) in [5, 5.41) is 7.42. The molecule has 7 heteroatoms. The molecule has 0 aliphatic heterocycles. The molecule has 0 amide bonds. The number of fused-ring (bicyclic) bond motifs is 2. The summed E-state index contributed by atoms with van der Waals surface area (Å²) in [6.45, 7) is 4.97. The van der Waals surface area contributed by atoms with Crippen LogP contribution in [0.4, 0.5) is 0 Å². The average molecular weight is 292 g/mol. The van der Waals surface area contributed by atoms with Gasteiger partial charge in [0.1, 0.15) is 5.78 Å². The number of carbonyl (C=O) groups excluding carboxylic acids is 1. The zero-order chi connectivity index (χ0) is 15.1. The summed E-state index contributed by atoms with van der Waals surface area (Å²) in [6.07, 6.45) is 1.97. The highest BCUT2D eigenvalue weighted by Crippen LogP contribution is 2.64. The van der Waals surface area contributed by atoms with Gasteiger partial charge in [0.25, 0.3) is 16.1 Å². The molecule has 110 valence electrons. The molecule has 2 aliphatic carbocycles. The second kappa shape index (κ2) is 4.86. The first-order valence-electron chi connectivity index (χ1n) is 6.10. The summed E-state index contributed by atoms with van der Waals surface area (Å²) >= 11 is 0. The largest absolute Gasteiger partial charge is 0.481 e. The number of rotatable bonds is 2. The number of aliphatic carboxylic acids is 1. The van der Waals surface area contributed by atoms with Crippen molar-refractivity contribution < 1.29 is 27.7 Å². The van der Waals surface area contributed by atoms with Gasteiger partial charge in [0.2, 0.25) is 0 Å². The smallest absolute Gasteiger partial charge is 0.300 e. The standard InChI is InChI=1S/C10H16O4S.C2H4O2/c1-9(2)7-3-4-10(9,8(11)5-7)6-15(12,13)14;1-2(3)4/h7H,3-6H2,1-2H3,(H,12,13,14);1H3,(H,3,4). The maximum absolute atomic E-state index is 11.9. The van der Waals surface area contributed by atoms with Crippen LogP contribution in [0.3, 0.4) is 0 Å². The molecule has 2 unspecified atom stereocenters. The normalized spacial score (nSPS) is 31.8. The van der Waals surface area contributed by atoms with Gasteiger partial charge in [-0.2, -0.15) is 8.42 Å². The van der Waals surface area contributed by atoms with Crippen molar-refractivity contribution in [2.75, 3.05) is 5.75 Å². The predicted molar refractivity (Wildman–Crippen MR) is 68.3 cm³/mol. The lowest BCUT2D eigenvalue weighted by Crippen LogP contribution is -2.42. The Balaban J connectivity index is 0.000000399. The third-order valence-electron chi connectivity index (χ3n) is 4.57. The lowest BCUT2D eigenvalue weighted by atomic mass is 9.70. The van der Waals surface area contributed by atoms with E-state index in [1.165, 1.54) is 0 Å². The third kappa shape index (κ3) is 2.97. The molecule has 2 N–H and O–H groups in total. The number of hydrogen-bond donors (Lipinski definition) is 2. The van der Waals surface area contributed by atoms with Crippen LogP contribution in [-0.4, -0.2) is 35.6 Å². The molecule has 0 spiro atoms. The van der Waals surface area contributed by atoms with Crippen LogP contribution in [-0.2, 0) is 19.7 Å². The fraction of sp³-hybridized carbons (Fsp3) is 0.833. The molecule has 2 fully saturated rings. The van der Waals surface area contributed by atoms with Crippen molar-refractivity contribution in [2.24, 2.45) is 16.7 Å². The van der Waals surface area contributed by atoms with Gasteiger partial charge in [0.05, 0.1) is 11.2 Å². The third-order valence-corrected chi connectivity index (χ3v) is 5.43. The highest BCUT2D eigenvalue weighted by molar-refractivity contribution is 7.85. The zero-order valence-electron chi connectivity index (χ0n) is 11.3. The van der Waals surface area contributed by atoms with E-state index in [9.17, 15) is 13.2 Å². The summed E-state index contributed by atoms with van der Waals surface area (Å²) in [4.78, 5) is 20.9. The topological polar surface area (TPSA) is 109 Å². The van der Waals surface area contributed by atoms with Crippen molar-refractivity contribution in [3.8, 4) is 0 Å². The van der Waals surface area contributed by atoms with Crippen LogP contribution in [0.2, 0.25) is 0 Å². The Morgan fingerprint density at radius 2 is 1.89 bits per heavy atom. The maximum atomic E-state index is 11.9. The Kier molecular flexibility index (Phi) is 4.12. The summed E-state index contributed by atoms with van der Waals surface area (Å²) in [5.41, 5.74) is -1.12. The van der Waals surface area contributed by atoms with E-state index in [0.29, 0.717) is 12.8 Å². The Hall–Kier alpha value is -0.950. The number of carboxylic acid groups (broad SMARTS) is 1.